The summed E-state index contributed by atoms with van der Waals surface area (Å²) >= 11 is 5.74. The molecule has 0 aromatic heterocycles. The Bertz CT molecular complexity index is 377. The van der Waals surface area contributed by atoms with Gasteiger partial charge in [0.25, 0.3) is 0 Å². The van der Waals surface area contributed by atoms with Crippen LogP contribution < -0.4 is 0 Å². The van der Waals surface area contributed by atoms with Gasteiger partial charge in [-0.2, -0.15) is 0 Å². The summed E-state index contributed by atoms with van der Waals surface area (Å²) in [6.45, 7) is 0. The summed E-state index contributed by atoms with van der Waals surface area (Å²) in [4.78, 5) is 12.1. The molecule has 3 heteroatoms. The minimum absolute atomic E-state index is 0.0427. The van der Waals surface area contributed by atoms with Gasteiger partial charge in [0.05, 0.1) is 0 Å². The summed E-state index contributed by atoms with van der Waals surface area (Å²) < 4.78 is 13.1. The number of benzene rings is 1. The molecule has 1 saturated carbocycles. The van der Waals surface area contributed by atoms with Crippen molar-refractivity contribution in [2.45, 2.75) is 32.1 Å². The van der Waals surface area contributed by atoms with Crippen LogP contribution in [0.1, 0.15) is 42.5 Å². The average molecular weight is 241 g/mol. The first-order chi connectivity index (χ1) is 7.66. The van der Waals surface area contributed by atoms with Gasteiger partial charge in [-0.1, -0.05) is 30.9 Å². The molecule has 1 fully saturated rings. The lowest BCUT2D eigenvalue weighted by atomic mass is 9.84. The van der Waals surface area contributed by atoms with Crippen molar-refractivity contribution in [1.82, 2.24) is 0 Å². The molecule has 86 valence electrons. The molecule has 0 unspecified atom stereocenters. The minimum Gasteiger partial charge on any atom is -0.294 e. The fourth-order valence-electron chi connectivity index (χ4n) is 2.30. The molecule has 1 aliphatic rings. The second kappa shape index (κ2) is 4.96. The molecule has 16 heavy (non-hydrogen) atoms. The van der Waals surface area contributed by atoms with Crippen molar-refractivity contribution < 1.29 is 9.18 Å². The van der Waals surface area contributed by atoms with E-state index < -0.39 is 5.82 Å². The van der Waals surface area contributed by atoms with E-state index in [1.807, 2.05) is 0 Å². The zero-order valence-corrected chi connectivity index (χ0v) is 9.77. The van der Waals surface area contributed by atoms with E-state index in [-0.39, 0.29) is 11.7 Å². The fraction of sp³-hybridized carbons (Fsp3) is 0.462. The second-order valence-corrected chi connectivity index (χ2v) is 4.79. The van der Waals surface area contributed by atoms with E-state index in [1.54, 1.807) is 6.07 Å². The van der Waals surface area contributed by atoms with Crippen LogP contribution in [0.15, 0.2) is 18.2 Å². The van der Waals surface area contributed by atoms with Gasteiger partial charge in [0, 0.05) is 16.5 Å². The van der Waals surface area contributed by atoms with Crippen LogP contribution in [0.4, 0.5) is 4.39 Å². The van der Waals surface area contributed by atoms with Gasteiger partial charge in [-0.15, -0.1) is 0 Å². The van der Waals surface area contributed by atoms with E-state index in [4.69, 9.17) is 11.6 Å². The molecule has 0 heterocycles. The Balaban J connectivity index is 2.19. The number of hydrogen-bond acceptors (Lipinski definition) is 1. The molecule has 0 radical (unpaired) electrons. The maximum absolute atomic E-state index is 13.1. The second-order valence-electron chi connectivity index (χ2n) is 4.36. The summed E-state index contributed by atoms with van der Waals surface area (Å²) in [5, 5.41) is 0.291. The first kappa shape index (κ1) is 11.6. The van der Waals surface area contributed by atoms with Crippen LogP contribution in [0.25, 0.3) is 0 Å². The van der Waals surface area contributed by atoms with Crippen LogP contribution in [0.3, 0.4) is 0 Å². The van der Waals surface area contributed by atoms with E-state index in [0.29, 0.717) is 10.6 Å². The maximum Gasteiger partial charge on any atom is 0.166 e. The molecule has 0 amide bonds. The molecule has 0 aliphatic heterocycles. The molecule has 0 saturated heterocycles. The number of carbonyl (C=O) groups excluding carboxylic acids is 1. The molecule has 0 spiro atoms. The quantitative estimate of drug-likeness (QED) is 0.707. The number of ketones is 1. The molecule has 0 N–H and O–H groups in total. The molecular weight excluding hydrogens is 227 g/mol. The SMILES string of the molecule is O=C(c1cc(F)cc(Cl)c1)C1CCCCC1. The smallest absolute Gasteiger partial charge is 0.166 e. The fourth-order valence-corrected chi connectivity index (χ4v) is 2.52. The largest absolute Gasteiger partial charge is 0.294 e. The highest BCUT2D eigenvalue weighted by Crippen LogP contribution is 2.27. The van der Waals surface area contributed by atoms with Gasteiger partial charge < -0.3 is 0 Å². The van der Waals surface area contributed by atoms with Crippen molar-refractivity contribution in [3.63, 3.8) is 0 Å². The van der Waals surface area contributed by atoms with Crippen LogP contribution >= 0.6 is 11.6 Å². The van der Waals surface area contributed by atoms with E-state index in [2.05, 4.69) is 0 Å². The number of rotatable bonds is 2. The predicted molar refractivity (Wildman–Crippen MR) is 62.3 cm³/mol. The number of halogens is 2. The highest BCUT2D eigenvalue weighted by Gasteiger charge is 2.22. The van der Waals surface area contributed by atoms with Crippen molar-refractivity contribution in [2.24, 2.45) is 5.92 Å². The Morgan fingerprint density at radius 3 is 2.50 bits per heavy atom. The lowest BCUT2D eigenvalue weighted by Crippen LogP contribution is -2.17. The molecule has 1 nitrogen and oxygen atoms in total. The third-order valence-corrected chi connectivity index (χ3v) is 3.34. The zero-order chi connectivity index (χ0) is 11.5. The number of Topliss-reactive ketones (excluding diaryl/α,β-unsaturated/α-hetero) is 1. The van der Waals surface area contributed by atoms with Gasteiger partial charge in [-0.25, -0.2) is 4.39 Å². The molecule has 0 bridgehead atoms. The van der Waals surface area contributed by atoms with Gasteiger partial charge in [-0.05, 0) is 31.0 Å². The molecule has 1 aliphatic carbocycles. The van der Waals surface area contributed by atoms with Gasteiger partial charge >= 0.3 is 0 Å². The van der Waals surface area contributed by atoms with Crippen LogP contribution in [0.2, 0.25) is 5.02 Å². The van der Waals surface area contributed by atoms with Gasteiger partial charge in [0.15, 0.2) is 5.78 Å². The molecule has 1 aromatic rings. The Morgan fingerprint density at radius 2 is 1.88 bits per heavy atom. The monoisotopic (exact) mass is 240 g/mol. The summed E-state index contributed by atoms with van der Waals surface area (Å²) in [5.41, 5.74) is 0.414. The molecule has 2 rings (SSSR count). The zero-order valence-electron chi connectivity index (χ0n) is 9.01. The minimum atomic E-state index is -0.438. The number of carbonyl (C=O) groups is 1. The summed E-state index contributed by atoms with van der Waals surface area (Å²) in [5.74, 6) is -0.334. The van der Waals surface area contributed by atoms with Crippen LogP contribution in [0, 0.1) is 11.7 Å². The van der Waals surface area contributed by atoms with Gasteiger partial charge in [0.2, 0.25) is 0 Å². The Labute approximate surface area is 99.6 Å². The normalized spacial score (nSPS) is 17.4. The standard InChI is InChI=1S/C13H14ClFO/c14-11-6-10(7-12(15)8-11)13(16)9-4-2-1-3-5-9/h6-9H,1-5H2. The average Bonchev–Trinajstić information content (AvgIpc) is 2.28. The highest BCUT2D eigenvalue weighted by molar-refractivity contribution is 6.31. The lowest BCUT2D eigenvalue weighted by Gasteiger charge is -2.20. The Hall–Kier alpha value is -0.890. The van der Waals surface area contributed by atoms with Crippen molar-refractivity contribution in [3.8, 4) is 0 Å². The summed E-state index contributed by atoms with van der Waals surface area (Å²) in [7, 11) is 0. The van der Waals surface area contributed by atoms with E-state index >= 15 is 0 Å². The third-order valence-electron chi connectivity index (χ3n) is 3.12. The predicted octanol–water partition coefficient (Wildman–Crippen LogP) is 4.24. The first-order valence-electron chi connectivity index (χ1n) is 5.67. The summed E-state index contributed by atoms with van der Waals surface area (Å²) in [6.07, 6.45) is 5.24. The van der Waals surface area contributed by atoms with Gasteiger partial charge in [-0.3, -0.25) is 4.79 Å². The lowest BCUT2D eigenvalue weighted by molar-refractivity contribution is 0.0889. The molecule has 1 aromatic carbocycles. The Morgan fingerprint density at radius 1 is 1.19 bits per heavy atom. The number of hydrogen-bond donors (Lipinski definition) is 0. The van der Waals surface area contributed by atoms with Crippen LogP contribution in [-0.2, 0) is 0 Å². The highest BCUT2D eigenvalue weighted by atomic mass is 35.5. The topological polar surface area (TPSA) is 17.1 Å². The van der Waals surface area contributed by atoms with E-state index in [9.17, 15) is 9.18 Å². The van der Waals surface area contributed by atoms with Crippen LogP contribution in [0.5, 0.6) is 0 Å². The van der Waals surface area contributed by atoms with Crippen LogP contribution in [-0.4, -0.2) is 5.78 Å². The molecule has 0 atom stereocenters. The Kier molecular flexibility index (Phi) is 3.59. The first-order valence-corrected chi connectivity index (χ1v) is 6.05. The van der Waals surface area contributed by atoms with Crippen molar-refractivity contribution in [1.29, 1.82) is 0 Å². The van der Waals surface area contributed by atoms with E-state index in [0.717, 1.165) is 25.7 Å². The molecular formula is C13H14ClFO. The van der Waals surface area contributed by atoms with Crippen molar-refractivity contribution in [2.75, 3.05) is 0 Å². The van der Waals surface area contributed by atoms with Crippen molar-refractivity contribution >= 4 is 17.4 Å². The van der Waals surface area contributed by atoms with E-state index in [1.165, 1.54) is 18.6 Å². The van der Waals surface area contributed by atoms with Crippen molar-refractivity contribution in [3.05, 3.63) is 34.6 Å². The summed E-state index contributed by atoms with van der Waals surface area (Å²) in [6, 6.07) is 4.06. The van der Waals surface area contributed by atoms with Gasteiger partial charge in [0.1, 0.15) is 5.82 Å². The third kappa shape index (κ3) is 2.62. The maximum atomic E-state index is 13.1.